The Hall–Kier alpha value is -1.36. The molecule has 0 aliphatic heterocycles. The highest BCUT2D eigenvalue weighted by molar-refractivity contribution is 5.94. The molecule has 1 fully saturated rings. The number of hydrogen-bond donors (Lipinski definition) is 1. The van der Waals surface area contributed by atoms with Crippen LogP contribution in [0, 0.1) is 12.8 Å². The number of nitrogens with one attached hydrogen (secondary N) is 1. The predicted octanol–water partition coefficient (Wildman–Crippen LogP) is 2.05. The van der Waals surface area contributed by atoms with E-state index in [0.717, 1.165) is 12.1 Å². The van der Waals surface area contributed by atoms with Gasteiger partial charge in [-0.1, -0.05) is 19.8 Å². The van der Waals surface area contributed by atoms with E-state index in [0.29, 0.717) is 30.7 Å². The fourth-order valence-corrected chi connectivity index (χ4v) is 2.72. The van der Waals surface area contributed by atoms with E-state index >= 15 is 0 Å². The van der Waals surface area contributed by atoms with Gasteiger partial charge in [-0.05, 0) is 25.7 Å². The van der Waals surface area contributed by atoms with Gasteiger partial charge >= 0.3 is 0 Å². The second-order valence-electron chi connectivity index (χ2n) is 5.69. The molecule has 1 aliphatic carbocycles. The molecule has 1 heterocycles. The van der Waals surface area contributed by atoms with Crippen LogP contribution in [-0.2, 0) is 11.8 Å². The summed E-state index contributed by atoms with van der Waals surface area (Å²) in [6.45, 7) is 5.28. The van der Waals surface area contributed by atoms with Crippen LogP contribution in [0.1, 0.15) is 48.7 Å². The molecule has 1 aromatic heterocycles. The molecule has 2 atom stereocenters. The largest absolute Gasteiger partial charge is 0.376 e. The van der Waals surface area contributed by atoms with Crippen molar-refractivity contribution in [3.63, 3.8) is 0 Å². The monoisotopic (exact) mass is 279 g/mol. The number of aromatic nitrogens is 2. The highest BCUT2D eigenvalue weighted by Gasteiger charge is 2.21. The Morgan fingerprint density at radius 3 is 2.90 bits per heavy atom. The first-order valence-electron chi connectivity index (χ1n) is 7.48. The van der Waals surface area contributed by atoms with Crippen molar-refractivity contribution in [2.75, 3.05) is 13.2 Å². The van der Waals surface area contributed by atoms with E-state index in [4.69, 9.17) is 4.74 Å². The fourth-order valence-electron chi connectivity index (χ4n) is 2.72. The second kappa shape index (κ2) is 6.88. The molecule has 1 aromatic rings. The Bertz CT molecular complexity index is 456. The maximum absolute atomic E-state index is 12.0. The van der Waals surface area contributed by atoms with E-state index in [1.54, 1.807) is 10.9 Å². The number of hydrogen-bond acceptors (Lipinski definition) is 3. The molecule has 112 valence electrons. The maximum atomic E-state index is 12.0. The van der Waals surface area contributed by atoms with Crippen LogP contribution in [0.2, 0.25) is 0 Å². The van der Waals surface area contributed by atoms with Crippen molar-refractivity contribution in [2.24, 2.45) is 13.0 Å². The van der Waals surface area contributed by atoms with Gasteiger partial charge in [-0.15, -0.1) is 0 Å². The van der Waals surface area contributed by atoms with E-state index in [1.165, 1.54) is 19.3 Å². The molecule has 5 heteroatoms. The van der Waals surface area contributed by atoms with E-state index in [-0.39, 0.29) is 5.91 Å². The highest BCUT2D eigenvalue weighted by Crippen LogP contribution is 2.25. The number of nitrogens with zero attached hydrogens (tertiary/aromatic N) is 2. The summed E-state index contributed by atoms with van der Waals surface area (Å²) in [7, 11) is 1.83. The normalized spacial score (nSPS) is 22.8. The Labute approximate surface area is 120 Å². The summed E-state index contributed by atoms with van der Waals surface area (Å²) in [6, 6.07) is 0. The third kappa shape index (κ3) is 3.60. The van der Waals surface area contributed by atoms with Crippen molar-refractivity contribution in [3.8, 4) is 0 Å². The van der Waals surface area contributed by atoms with E-state index in [9.17, 15) is 4.79 Å². The maximum Gasteiger partial charge on any atom is 0.254 e. The first kappa shape index (κ1) is 15.0. The topological polar surface area (TPSA) is 56.1 Å². The average molecular weight is 279 g/mol. The summed E-state index contributed by atoms with van der Waals surface area (Å²) in [6.07, 6.45) is 6.95. The number of rotatable bonds is 5. The summed E-state index contributed by atoms with van der Waals surface area (Å²) in [5, 5.41) is 6.96. The predicted molar refractivity (Wildman–Crippen MR) is 77.7 cm³/mol. The average Bonchev–Trinajstić information content (AvgIpc) is 2.77. The van der Waals surface area contributed by atoms with Gasteiger partial charge < -0.3 is 10.1 Å². The third-order valence-corrected chi connectivity index (χ3v) is 4.23. The number of aryl methyl sites for hydroxylation is 1. The Kier molecular flexibility index (Phi) is 5.17. The minimum Gasteiger partial charge on any atom is -0.376 e. The minimum absolute atomic E-state index is 0.0732. The van der Waals surface area contributed by atoms with Crippen LogP contribution in [0.15, 0.2) is 6.20 Å². The molecule has 1 amide bonds. The number of ether oxygens (including phenoxy) is 1. The number of carbonyl (C=O) groups is 1. The van der Waals surface area contributed by atoms with Gasteiger partial charge in [-0.3, -0.25) is 9.48 Å². The van der Waals surface area contributed by atoms with Gasteiger partial charge in [-0.25, -0.2) is 0 Å². The van der Waals surface area contributed by atoms with Crippen molar-refractivity contribution >= 4 is 5.91 Å². The molecule has 0 saturated heterocycles. The van der Waals surface area contributed by atoms with Crippen molar-refractivity contribution in [2.45, 2.75) is 45.6 Å². The van der Waals surface area contributed by atoms with Crippen molar-refractivity contribution in [1.82, 2.24) is 15.1 Å². The van der Waals surface area contributed by atoms with Gasteiger partial charge in [0.15, 0.2) is 0 Å². The van der Waals surface area contributed by atoms with Crippen LogP contribution in [-0.4, -0.2) is 34.9 Å². The molecule has 1 aliphatic rings. The lowest BCUT2D eigenvalue weighted by atomic mass is 9.88. The molecule has 0 aromatic carbocycles. The first-order valence-corrected chi connectivity index (χ1v) is 7.48. The SMILES string of the molecule is Cc1c(C(=O)NCCO[C@H]2CCCC[C@@H]2C)cnn1C. The van der Waals surface area contributed by atoms with E-state index in [2.05, 4.69) is 17.3 Å². The van der Waals surface area contributed by atoms with Crippen LogP contribution in [0.25, 0.3) is 0 Å². The zero-order chi connectivity index (χ0) is 14.5. The molecule has 5 nitrogen and oxygen atoms in total. The quantitative estimate of drug-likeness (QED) is 0.839. The second-order valence-corrected chi connectivity index (χ2v) is 5.69. The fraction of sp³-hybridized carbons (Fsp3) is 0.733. The molecular formula is C15H25N3O2. The van der Waals surface area contributed by atoms with Gasteiger partial charge in [-0.2, -0.15) is 5.10 Å². The van der Waals surface area contributed by atoms with Crippen LogP contribution < -0.4 is 5.32 Å². The lowest BCUT2D eigenvalue weighted by molar-refractivity contribution is -0.00294. The van der Waals surface area contributed by atoms with Crippen molar-refractivity contribution in [1.29, 1.82) is 0 Å². The zero-order valence-electron chi connectivity index (χ0n) is 12.7. The lowest BCUT2D eigenvalue weighted by Crippen LogP contribution is -2.32. The molecule has 0 bridgehead atoms. The highest BCUT2D eigenvalue weighted by atomic mass is 16.5. The molecule has 20 heavy (non-hydrogen) atoms. The Morgan fingerprint density at radius 1 is 1.50 bits per heavy atom. The lowest BCUT2D eigenvalue weighted by Gasteiger charge is -2.28. The summed E-state index contributed by atoms with van der Waals surface area (Å²) >= 11 is 0. The molecule has 1 N–H and O–H groups in total. The summed E-state index contributed by atoms with van der Waals surface area (Å²) < 4.78 is 7.58. The van der Waals surface area contributed by atoms with Crippen molar-refractivity contribution in [3.05, 3.63) is 17.5 Å². The number of amides is 1. The summed E-state index contributed by atoms with van der Waals surface area (Å²) in [5.74, 6) is 0.566. The molecule has 0 unspecified atom stereocenters. The van der Waals surface area contributed by atoms with Gasteiger partial charge in [0.05, 0.1) is 24.5 Å². The first-order chi connectivity index (χ1) is 9.59. The summed E-state index contributed by atoms with van der Waals surface area (Å²) in [4.78, 5) is 12.0. The summed E-state index contributed by atoms with van der Waals surface area (Å²) in [5.41, 5.74) is 1.52. The van der Waals surface area contributed by atoms with Crippen LogP contribution in [0.5, 0.6) is 0 Å². The van der Waals surface area contributed by atoms with Gasteiger partial charge in [0.1, 0.15) is 0 Å². The van der Waals surface area contributed by atoms with Crippen LogP contribution in [0.4, 0.5) is 0 Å². The molecule has 1 saturated carbocycles. The smallest absolute Gasteiger partial charge is 0.254 e. The Morgan fingerprint density at radius 2 is 2.25 bits per heavy atom. The van der Waals surface area contributed by atoms with Crippen LogP contribution >= 0.6 is 0 Å². The molecule has 0 radical (unpaired) electrons. The van der Waals surface area contributed by atoms with Gasteiger partial charge in [0.2, 0.25) is 0 Å². The Balaban J connectivity index is 1.70. The van der Waals surface area contributed by atoms with Crippen molar-refractivity contribution < 1.29 is 9.53 Å². The molecular weight excluding hydrogens is 254 g/mol. The minimum atomic E-state index is -0.0732. The molecule has 0 spiro atoms. The zero-order valence-corrected chi connectivity index (χ0v) is 12.7. The standard InChI is InChI=1S/C15H25N3O2/c1-11-6-4-5-7-14(11)20-9-8-16-15(19)13-10-17-18(3)12(13)2/h10-11,14H,4-9H2,1-3H3,(H,16,19)/t11-,14-/m0/s1. The van der Waals surface area contributed by atoms with Gasteiger partial charge in [0.25, 0.3) is 5.91 Å². The number of carbonyl (C=O) groups excluding carboxylic acids is 1. The molecule has 2 rings (SSSR count). The van der Waals surface area contributed by atoms with Crippen LogP contribution in [0.3, 0.4) is 0 Å². The van der Waals surface area contributed by atoms with E-state index < -0.39 is 0 Å². The van der Waals surface area contributed by atoms with Gasteiger partial charge in [0, 0.05) is 19.3 Å². The third-order valence-electron chi connectivity index (χ3n) is 4.23. The van der Waals surface area contributed by atoms with E-state index in [1.807, 2.05) is 14.0 Å².